The van der Waals surface area contributed by atoms with Crippen molar-refractivity contribution < 1.29 is 19.1 Å². The van der Waals surface area contributed by atoms with Gasteiger partial charge in [-0.2, -0.15) is 10.2 Å². The van der Waals surface area contributed by atoms with Crippen molar-refractivity contribution in [1.29, 1.82) is 0 Å². The number of ketones is 1. The first-order valence-corrected chi connectivity index (χ1v) is 12.9. The monoisotopic (exact) mass is 539 g/mol. The Kier molecular flexibility index (Phi) is 7.63. The number of aromatic nitrogens is 5. The van der Waals surface area contributed by atoms with E-state index in [-0.39, 0.29) is 28.9 Å². The number of fused-ring (bicyclic) bond motifs is 1. The molecule has 4 rings (SSSR count). The lowest BCUT2D eigenvalue weighted by Crippen LogP contribution is -2.53. The molecule has 0 spiro atoms. The summed E-state index contributed by atoms with van der Waals surface area (Å²) in [6, 6.07) is 6.69. The average Bonchev–Trinajstić information content (AvgIpc) is 3.54. The van der Waals surface area contributed by atoms with Gasteiger partial charge in [-0.05, 0) is 39.3 Å². The zero-order chi connectivity index (χ0) is 27.6. The Bertz CT molecular complexity index is 1610. The summed E-state index contributed by atoms with van der Waals surface area (Å²) in [5.74, 6) is -0.753. The minimum atomic E-state index is -1.64. The second kappa shape index (κ2) is 10.7. The minimum absolute atomic E-state index is 0.169. The molecule has 0 atom stereocenters. The number of carbonyl (C=O) groups excluding carboxylic acids is 2. The van der Waals surface area contributed by atoms with Gasteiger partial charge in [-0.3, -0.25) is 14.2 Å². The molecule has 0 amide bonds. The van der Waals surface area contributed by atoms with E-state index in [0.29, 0.717) is 22.7 Å². The highest BCUT2D eigenvalue weighted by molar-refractivity contribution is 7.21. The maximum absolute atomic E-state index is 13.9. The van der Waals surface area contributed by atoms with Crippen LogP contribution in [-0.2, 0) is 21.6 Å². The van der Waals surface area contributed by atoms with Gasteiger partial charge in [-0.15, -0.1) is 4.80 Å². The van der Waals surface area contributed by atoms with Crippen LogP contribution in [0, 0.1) is 6.92 Å². The van der Waals surface area contributed by atoms with E-state index in [4.69, 9.17) is 9.47 Å². The normalized spacial score (nSPS) is 11.6. The molecule has 200 valence electrons. The van der Waals surface area contributed by atoms with E-state index >= 15 is 0 Å². The third-order valence-corrected chi connectivity index (χ3v) is 7.57. The molecule has 0 radical (unpaired) electrons. The smallest absolute Gasteiger partial charge is 0.333 e. The molecule has 1 aromatic carbocycles. The first kappa shape index (κ1) is 27.0. The molecule has 3 aromatic heterocycles. The van der Waals surface area contributed by atoms with Gasteiger partial charge in [0.1, 0.15) is 21.1 Å². The van der Waals surface area contributed by atoms with E-state index in [9.17, 15) is 19.2 Å². The third kappa shape index (κ3) is 4.67. The lowest BCUT2D eigenvalue weighted by molar-refractivity contribution is -0.153. The standard InChI is InChI=1S/C26H29N5O6S/c1-6-7-14-37-24(34)26(3,4)30-21(33)20-16(2)22(31-27-12-13-28-31)38-23(20)29(25(30)35)15-18(32)17-10-8-9-11-19(17)36-5/h8-13H,6-7,14-15H2,1-5H3. The van der Waals surface area contributed by atoms with Crippen LogP contribution in [0.4, 0.5) is 0 Å². The van der Waals surface area contributed by atoms with Crippen molar-refractivity contribution in [2.24, 2.45) is 0 Å². The second-order valence-corrected chi connectivity index (χ2v) is 10.2. The van der Waals surface area contributed by atoms with E-state index in [1.165, 1.54) is 42.7 Å². The van der Waals surface area contributed by atoms with Gasteiger partial charge in [0, 0.05) is 5.56 Å². The predicted molar refractivity (Wildman–Crippen MR) is 143 cm³/mol. The Morgan fingerprint density at radius 2 is 1.79 bits per heavy atom. The number of aryl methyl sites for hydroxylation is 1. The summed E-state index contributed by atoms with van der Waals surface area (Å²) in [5.41, 5.74) is -2.29. The van der Waals surface area contributed by atoms with Crippen molar-refractivity contribution in [3.05, 3.63) is 68.6 Å². The Balaban J connectivity index is 1.96. The van der Waals surface area contributed by atoms with Gasteiger partial charge < -0.3 is 9.47 Å². The number of rotatable bonds is 10. The van der Waals surface area contributed by atoms with Crippen LogP contribution in [0.25, 0.3) is 15.2 Å². The molecule has 11 nitrogen and oxygen atoms in total. The maximum Gasteiger partial charge on any atom is 0.333 e. The highest BCUT2D eigenvalue weighted by Crippen LogP contribution is 2.31. The van der Waals surface area contributed by atoms with Crippen molar-refractivity contribution in [2.45, 2.75) is 52.6 Å². The van der Waals surface area contributed by atoms with Gasteiger partial charge in [-0.25, -0.2) is 14.2 Å². The molecule has 3 heterocycles. The van der Waals surface area contributed by atoms with Crippen LogP contribution >= 0.6 is 11.3 Å². The number of Topliss-reactive ketones (excluding diaryl/α,β-unsaturated/α-hetero) is 1. The Morgan fingerprint density at radius 3 is 2.45 bits per heavy atom. The topological polar surface area (TPSA) is 127 Å². The van der Waals surface area contributed by atoms with Crippen molar-refractivity contribution in [1.82, 2.24) is 24.1 Å². The predicted octanol–water partition coefficient (Wildman–Crippen LogP) is 3.08. The van der Waals surface area contributed by atoms with E-state index in [2.05, 4.69) is 10.2 Å². The first-order valence-electron chi connectivity index (χ1n) is 12.1. The van der Waals surface area contributed by atoms with Crippen LogP contribution < -0.4 is 16.0 Å². The molecule has 4 aromatic rings. The summed E-state index contributed by atoms with van der Waals surface area (Å²) in [7, 11) is 1.45. The minimum Gasteiger partial charge on any atom is -0.496 e. The van der Waals surface area contributed by atoms with Crippen molar-refractivity contribution in [3.8, 4) is 10.8 Å². The molecule has 0 unspecified atom stereocenters. The van der Waals surface area contributed by atoms with Crippen molar-refractivity contribution in [2.75, 3.05) is 13.7 Å². The quantitative estimate of drug-likeness (QED) is 0.171. The van der Waals surface area contributed by atoms with Crippen LogP contribution in [-0.4, -0.2) is 49.6 Å². The second-order valence-electron chi connectivity index (χ2n) is 9.21. The average molecular weight is 540 g/mol. The Morgan fingerprint density at radius 1 is 1.11 bits per heavy atom. The van der Waals surface area contributed by atoms with Crippen molar-refractivity contribution >= 4 is 33.3 Å². The molecule has 0 bridgehead atoms. The zero-order valence-electron chi connectivity index (χ0n) is 21.9. The lowest BCUT2D eigenvalue weighted by atomic mass is 10.1. The summed E-state index contributed by atoms with van der Waals surface area (Å²) < 4.78 is 12.8. The maximum atomic E-state index is 13.9. The molecule has 0 fully saturated rings. The van der Waals surface area contributed by atoms with Gasteiger partial charge in [0.15, 0.2) is 5.78 Å². The number of hydrogen-bond acceptors (Lipinski definition) is 9. The Hall–Kier alpha value is -4.06. The fourth-order valence-electron chi connectivity index (χ4n) is 4.16. The van der Waals surface area contributed by atoms with Crippen LogP contribution in [0.3, 0.4) is 0 Å². The number of benzene rings is 1. The SMILES string of the molecule is CCCCOC(=O)C(C)(C)n1c(=O)c2c(C)c(-n3nccn3)sc2n(CC(=O)c2ccccc2OC)c1=O. The van der Waals surface area contributed by atoms with E-state index in [0.717, 1.165) is 22.3 Å². The molecular formula is C26H29N5O6S. The van der Waals surface area contributed by atoms with Gasteiger partial charge in [-0.1, -0.05) is 36.8 Å². The molecular weight excluding hydrogens is 510 g/mol. The molecule has 38 heavy (non-hydrogen) atoms. The number of ether oxygens (including phenoxy) is 2. The fraction of sp³-hybridized carbons (Fsp3) is 0.385. The van der Waals surface area contributed by atoms with E-state index in [1.807, 2.05) is 6.92 Å². The molecule has 0 aliphatic rings. The molecule has 0 aliphatic heterocycles. The Labute approximate surface area is 222 Å². The molecule has 0 saturated heterocycles. The summed E-state index contributed by atoms with van der Waals surface area (Å²) in [6.45, 7) is 6.37. The van der Waals surface area contributed by atoms with Crippen LogP contribution in [0.15, 0.2) is 46.2 Å². The summed E-state index contributed by atoms with van der Waals surface area (Å²) in [5, 5.41) is 9.03. The van der Waals surface area contributed by atoms with Crippen LogP contribution in [0.2, 0.25) is 0 Å². The number of hydrogen-bond donors (Lipinski definition) is 0. The number of esters is 1. The van der Waals surface area contributed by atoms with Crippen LogP contribution in [0.5, 0.6) is 5.75 Å². The molecule has 12 heteroatoms. The fourth-order valence-corrected chi connectivity index (χ4v) is 5.37. The number of para-hydroxylation sites is 1. The highest BCUT2D eigenvalue weighted by atomic mass is 32.1. The number of unbranched alkanes of at least 4 members (excludes halogenated alkanes) is 1. The zero-order valence-corrected chi connectivity index (χ0v) is 22.7. The van der Waals surface area contributed by atoms with Gasteiger partial charge >= 0.3 is 11.7 Å². The molecule has 0 aliphatic carbocycles. The number of thiophene rings is 1. The summed E-state index contributed by atoms with van der Waals surface area (Å²) in [6.07, 6.45) is 4.46. The highest BCUT2D eigenvalue weighted by Gasteiger charge is 2.37. The van der Waals surface area contributed by atoms with Gasteiger partial charge in [0.05, 0.1) is 43.6 Å². The van der Waals surface area contributed by atoms with Crippen LogP contribution in [0.1, 0.15) is 49.5 Å². The third-order valence-electron chi connectivity index (χ3n) is 6.29. The van der Waals surface area contributed by atoms with E-state index in [1.54, 1.807) is 31.2 Å². The van der Waals surface area contributed by atoms with E-state index < -0.39 is 28.5 Å². The lowest BCUT2D eigenvalue weighted by Gasteiger charge is -2.25. The molecule has 0 N–H and O–H groups in total. The molecule has 0 saturated carbocycles. The largest absolute Gasteiger partial charge is 0.496 e. The number of methoxy groups -OCH3 is 1. The van der Waals surface area contributed by atoms with Crippen molar-refractivity contribution in [3.63, 3.8) is 0 Å². The first-order chi connectivity index (χ1) is 18.1. The number of nitrogens with zero attached hydrogens (tertiary/aromatic N) is 5. The van der Waals surface area contributed by atoms with Gasteiger partial charge in [0.25, 0.3) is 5.56 Å². The summed E-state index contributed by atoms with van der Waals surface area (Å²) in [4.78, 5) is 55.9. The van der Waals surface area contributed by atoms with Gasteiger partial charge in [0.2, 0.25) is 0 Å². The number of carbonyl (C=O) groups is 2. The summed E-state index contributed by atoms with van der Waals surface area (Å²) >= 11 is 1.12.